The maximum Gasteiger partial charge on any atom is 0.255 e. The Bertz CT molecular complexity index is 634. The van der Waals surface area contributed by atoms with Crippen molar-refractivity contribution in [3.63, 3.8) is 0 Å². The Morgan fingerprint density at radius 1 is 1.28 bits per heavy atom. The molecule has 0 aliphatic carbocycles. The highest BCUT2D eigenvalue weighted by atomic mass is 35.5. The molecule has 0 saturated carbocycles. The van der Waals surface area contributed by atoms with Crippen LogP contribution in [0, 0.1) is 5.41 Å². The van der Waals surface area contributed by atoms with Crippen LogP contribution in [0.2, 0.25) is 5.02 Å². The molecule has 1 aliphatic rings. The zero-order valence-corrected chi connectivity index (χ0v) is 16.2. The van der Waals surface area contributed by atoms with Crippen molar-refractivity contribution in [3.8, 4) is 0 Å². The van der Waals surface area contributed by atoms with Crippen LogP contribution in [0.4, 0.5) is 5.69 Å². The van der Waals surface area contributed by atoms with Gasteiger partial charge in [-0.05, 0) is 49.5 Å². The van der Waals surface area contributed by atoms with Gasteiger partial charge in [-0.15, -0.1) is 0 Å². The zero-order valence-electron chi connectivity index (χ0n) is 15.5. The van der Waals surface area contributed by atoms with E-state index in [1.807, 2.05) is 27.8 Å². The molecule has 0 atom stereocenters. The van der Waals surface area contributed by atoms with Gasteiger partial charge in [0.1, 0.15) is 0 Å². The molecule has 1 saturated heterocycles. The lowest BCUT2D eigenvalue weighted by Crippen LogP contribution is -2.44. The number of hydrogen-bond donors (Lipinski definition) is 2. The van der Waals surface area contributed by atoms with Crippen molar-refractivity contribution in [2.45, 2.75) is 46.1 Å². The number of halogens is 1. The average Bonchev–Trinajstić information content (AvgIpc) is 2.54. The summed E-state index contributed by atoms with van der Waals surface area (Å²) in [6.45, 7) is 7.87. The molecule has 2 N–H and O–H groups in total. The van der Waals surface area contributed by atoms with Gasteiger partial charge in [0, 0.05) is 25.2 Å². The maximum atomic E-state index is 12.8. The first kappa shape index (κ1) is 19.7. The van der Waals surface area contributed by atoms with E-state index in [2.05, 4.69) is 10.6 Å². The van der Waals surface area contributed by atoms with E-state index >= 15 is 0 Å². The number of nitrogens with one attached hydrogen (secondary N) is 2. The molecule has 0 spiro atoms. The lowest BCUT2D eigenvalue weighted by Gasteiger charge is -2.32. The highest BCUT2D eigenvalue weighted by Gasteiger charge is 2.25. The molecule has 0 aromatic heterocycles. The third kappa shape index (κ3) is 5.72. The molecule has 1 fully saturated rings. The van der Waals surface area contributed by atoms with E-state index in [1.165, 1.54) is 0 Å². The van der Waals surface area contributed by atoms with Crippen molar-refractivity contribution in [2.24, 2.45) is 5.41 Å². The Balaban J connectivity index is 2.12. The van der Waals surface area contributed by atoms with Crippen LogP contribution in [0.1, 0.15) is 50.4 Å². The predicted molar refractivity (Wildman–Crippen MR) is 102 cm³/mol. The first-order valence-electron chi connectivity index (χ1n) is 8.74. The maximum absolute atomic E-state index is 12.8. The third-order valence-electron chi connectivity index (χ3n) is 4.35. The number of piperidine rings is 1. The summed E-state index contributed by atoms with van der Waals surface area (Å²) in [6, 6.07) is 5.27. The van der Waals surface area contributed by atoms with Crippen molar-refractivity contribution >= 4 is 29.1 Å². The molecular weight excluding hydrogens is 338 g/mol. The normalized spacial score (nSPS) is 15.7. The van der Waals surface area contributed by atoms with E-state index in [0.29, 0.717) is 22.7 Å². The van der Waals surface area contributed by atoms with Gasteiger partial charge in [-0.3, -0.25) is 9.59 Å². The largest absolute Gasteiger partial charge is 0.339 e. The summed E-state index contributed by atoms with van der Waals surface area (Å²) in [4.78, 5) is 26.7. The summed E-state index contributed by atoms with van der Waals surface area (Å²) in [5.74, 6) is -0.177. The van der Waals surface area contributed by atoms with Gasteiger partial charge < -0.3 is 15.5 Å². The van der Waals surface area contributed by atoms with Crippen molar-refractivity contribution < 1.29 is 9.59 Å². The van der Waals surface area contributed by atoms with E-state index in [9.17, 15) is 9.59 Å². The van der Waals surface area contributed by atoms with Gasteiger partial charge in [-0.1, -0.05) is 32.4 Å². The van der Waals surface area contributed by atoms with Gasteiger partial charge in [0.05, 0.1) is 10.6 Å². The highest BCUT2D eigenvalue weighted by molar-refractivity contribution is 6.34. The van der Waals surface area contributed by atoms with Crippen LogP contribution < -0.4 is 10.6 Å². The number of nitrogens with zero attached hydrogens (tertiary/aromatic N) is 1. The molecule has 138 valence electrons. The molecule has 1 aromatic rings. The van der Waals surface area contributed by atoms with Crippen molar-refractivity contribution in [3.05, 3.63) is 28.8 Å². The van der Waals surface area contributed by atoms with Crippen LogP contribution in [0.5, 0.6) is 0 Å². The van der Waals surface area contributed by atoms with Crippen LogP contribution in [0.25, 0.3) is 0 Å². The number of anilines is 1. The van der Waals surface area contributed by atoms with Crippen molar-refractivity contribution in [1.82, 2.24) is 10.2 Å². The molecule has 2 rings (SSSR count). The number of carbonyl (C=O) groups excluding carboxylic acids is 2. The minimum absolute atomic E-state index is 0.0695. The predicted octanol–water partition coefficient (Wildman–Crippen LogP) is 3.54. The fourth-order valence-electron chi connectivity index (χ4n) is 3.00. The monoisotopic (exact) mass is 365 g/mol. The summed E-state index contributed by atoms with van der Waals surface area (Å²) >= 11 is 6.24. The molecule has 1 heterocycles. The third-order valence-corrected chi connectivity index (χ3v) is 4.68. The molecule has 25 heavy (non-hydrogen) atoms. The van der Waals surface area contributed by atoms with Crippen LogP contribution >= 0.6 is 11.6 Å². The molecule has 1 aromatic carbocycles. The van der Waals surface area contributed by atoms with Gasteiger partial charge in [-0.2, -0.15) is 0 Å². The molecule has 1 aliphatic heterocycles. The van der Waals surface area contributed by atoms with E-state index in [0.717, 1.165) is 25.9 Å². The summed E-state index contributed by atoms with van der Waals surface area (Å²) in [5.41, 5.74) is 0.932. The van der Waals surface area contributed by atoms with E-state index < -0.39 is 0 Å². The number of rotatable bonds is 4. The van der Waals surface area contributed by atoms with Gasteiger partial charge in [-0.25, -0.2) is 0 Å². The Morgan fingerprint density at radius 3 is 2.52 bits per heavy atom. The average molecular weight is 366 g/mol. The van der Waals surface area contributed by atoms with Gasteiger partial charge in [0.15, 0.2) is 0 Å². The second-order valence-corrected chi connectivity index (χ2v) is 8.28. The number of benzene rings is 1. The van der Waals surface area contributed by atoms with Crippen LogP contribution in [0.15, 0.2) is 18.2 Å². The molecule has 0 bridgehead atoms. The van der Waals surface area contributed by atoms with Gasteiger partial charge in [0.25, 0.3) is 5.91 Å². The molecule has 5 nitrogen and oxygen atoms in total. The van der Waals surface area contributed by atoms with Crippen molar-refractivity contribution in [2.75, 3.05) is 25.5 Å². The smallest absolute Gasteiger partial charge is 0.255 e. The van der Waals surface area contributed by atoms with E-state index in [4.69, 9.17) is 11.6 Å². The number of carbonyl (C=O) groups is 2. The lowest BCUT2D eigenvalue weighted by molar-refractivity contribution is -0.117. The highest BCUT2D eigenvalue weighted by Crippen LogP contribution is 2.25. The molecule has 0 unspecified atom stereocenters. The van der Waals surface area contributed by atoms with Crippen LogP contribution in [0.3, 0.4) is 0 Å². The Kier molecular flexibility index (Phi) is 6.47. The van der Waals surface area contributed by atoms with Gasteiger partial charge >= 0.3 is 0 Å². The fraction of sp³-hybridized carbons (Fsp3) is 0.579. The van der Waals surface area contributed by atoms with Crippen molar-refractivity contribution in [1.29, 1.82) is 0 Å². The molecule has 2 amide bonds. The Labute approximate surface area is 155 Å². The summed E-state index contributed by atoms with van der Waals surface area (Å²) < 4.78 is 0. The summed E-state index contributed by atoms with van der Waals surface area (Å²) in [7, 11) is 1.82. The van der Waals surface area contributed by atoms with E-state index in [-0.39, 0.29) is 23.3 Å². The topological polar surface area (TPSA) is 61.4 Å². The second kappa shape index (κ2) is 8.19. The minimum Gasteiger partial charge on any atom is -0.339 e. The molecular formula is C19H28ClN3O2. The fourth-order valence-corrected chi connectivity index (χ4v) is 3.20. The standard InChI is InChI=1S/C19H28ClN3O2/c1-19(2,3)12-17(24)22-13-5-6-16(20)15(11-13)18(25)23(4)14-7-9-21-10-8-14/h5-6,11,14,21H,7-10,12H2,1-4H3,(H,22,24). The van der Waals surface area contributed by atoms with Gasteiger partial charge in [0.2, 0.25) is 5.91 Å². The Morgan fingerprint density at radius 2 is 1.92 bits per heavy atom. The molecule has 0 radical (unpaired) electrons. The Hall–Kier alpha value is -1.59. The van der Waals surface area contributed by atoms with Crippen LogP contribution in [-0.2, 0) is 4.79 Å². The van der Waals surface area contributed by atoms with E-state index in [1.54, 1.807) is 23.1 Å². The number of amides is 2. The quantitative estimate of drug-likeness (QED) is 0.857. The summed E-state index contributed by atoms with van der Waals surface area (Å²) in [6.07, 6.45) is 2.28. The zero-order chi connectivity index (χ0) is 18.6. The first-order chi connectivity index (χ1) is 11.7. The lowest BCUT2D eigenvalue weighted by atomic mass is 9.92. The number of hydrogen-bond acceptors (Lipinski definition) is 3. The first-order valence-corrected chi connectivity index (χ1v) is 9.12. The summed E-state index contributed by atoms with van der Waals surface area (Å²) in [5, 5.41) is 6.56. The molecule has 6 heteroatoms. The minimum atomic E-state index is -0.108. The SMILES string of the molecule is CN(C(=O)c1cc(NC(=O)CC(C)(C)C)ccc1Cl)C1CCNCC1. The second-order valence-electron chi connectivity index (χ2n) is 7.88. The van der Waals surface area contributed by atoms with Crippen LogP contribution in [-0.4, -0.2) is 42.9 Å².